The second-order valence-corrected chi connectivity index (χ2v) is 4.97. The highest BCUT2D eigenvalue weighted by molar-refractivity contribution is 5.56. The second-order valence-electron chi connectivity index (χ2n) is 4.97. The van der Waals surface area contributed by atoms with E-state index in [-0.39, 0.29) is 0 Å². The maximum atomic E-state index is 6.07. The van der Waals surface area contributed by atoms with Gasteiger partial charge in [-0.1, -0.05) is 23.8 Å². The van der Waals surface area contributed by atoms with Gasteiger partial charge in [0.1, 0.15) is 11.5 Å². The lowest BCUT2D eigenvalue weighted by Gasteiger charge is -2.03. The molecular formula is C16H16N6. The van der Waals surface area contributed by atoms with Gasteiger partial charge in [0.15, 0.2) is 0 Å². The Morgan fingerprint density at radius 1 is 1.09 bits per heavy atom. The third-order valence-electron chi connectivity index (χ3n) is 3.22. The van der Waals surface area contributed by atoms with Crippen molar-refractivity contribution in [2.75, 3.05) is 5.73 Å². The molecule has 2 N–H and O–H groups in total. The standard InChI is InChI=1S/C16H16N6/c1-12-4-6-14(7-5-12)20-21-15-10-19-22(16(15)17)11-13-3-2-8-18-9-13/h2-10H,11,17H2,1H3. The predicted octanol–water partition coefficient (Wildman–Crippen LogP) is 3.63. The summed E-state index contributed by atoms with van der Waals surface area (Å²) in [6.45, 7) is 2.58. The van der Waals surface area contributed by atoms with Gasteiger partial charge in [-0.15, -0.1) is 5.11 Å². The number of nitrogen functional groups attached to an aromatic ring is 1. The molecule has 22 heavy (non-hydrogen) atoms. The topological polar surface area (TPSA) is 81.5 Å². The molecule has 0 aliphatic rings. The average Bonchev–Trinajstić information content (AvgIpc) is 2.88. The fraction of sp³-hybridized carbons (Fsp3) is 0.125. The van der Waals surface area contributed by atoms with Gasteiger partial charge in [-0.2, -0.15) is 10.2 Å². The second kappa shape index (κ2) is 6.17. The lowest BCUT2D eigenvalue weighted by Crippen LogP contribution is -2.05. The quantitative estimate of drug-likeness (QED) is 0.745. The van der Waals surface area contributed by atoms with E-state index in [4.69, 9.17) is 5.73 Å². The van der Waals surface area contributed by atoms with Crippen LogP contribution in [0.3, 0.4) is 0 Å². The average molecular weight is 292 g/mol. The molecule has 1 aromatic carbocycles. The van der Waals surface area contributed by atoms with E-state index in [1.807, 2.05) is 43.3 Å². The minimum Gasteiger partial charge on any atom is -0.382 e. The summed E-state index contributed by atoms with van der Waals surface area (Å²) in [4.78, 5) is 4.08. The van der Waals surface area contributed by atoms with E-state index in [0.29, 0.717) is 18.1 Å². The van der Waals surface area contributed by atoms with Crippen LogP contribution in [0.5, 0.6) is 0 Å². The molecule has 0 fully saturated rings. The fourth-order valence-corrected chi connectivity index (χ4v) is 1.98. The summed E-state index contributed by atoms with van der Waals surface area (Å²) in [5.74, 6) is 0.486. The third kappa shape index (κ3) is 3.17. The smallest absolute Gasteiger partial charge is 0.150 e. The van der Waals surface area contributed by atoms with Crippen LogP contribution in [-0.4, -0.2) is 14.8 Å². The van der Waals surface area contributed by atoms with Gasteiger partial charge in [0, 0.05) is 12.4 Å². The predicted molar refractivity (Wildman–Crippen MR) is 85.3 cm³/mol. The van der Waals surface area contributed by atoms with Crippen LogP contribution in [0.4, 0.5) is 17.2 Å². The summed E-state index contributed by atoms with van der Waals surface area (Å²) in [6.07, 6.45) is 5.13. The van der Waals surface area contributed by atoms with Crippen LogP contribution in [0.25, 0.3) is 0 Å². The molecule has 0 saturated heterocycles. The number of hydrogen-bond donors (Lipinski definition) is 1. The van der Waals surface area contributed by atoms with Crippen molar-refractivity contribution in [3.05, 3.63) is 66.1 Å². The SMILES string of the molecule is Cc1ccc(N=Nc2cnn(Cc3cccnc3)c2N)cc1. The summed E-state index contributed by atoms with van der Waals surface area (Å²) in [7, 11) is 0. The maximum absolute atomic E-state index is 6.07. The molecule has 3 aromatic rings. The van der Waals surface area contributed by atoms with Crippen molar-refractivity contribution < 1.29 is 0 Å². The normalized spacial score (nSPS) is 11.1. The molecule has 0 radical (unpaired) electrons. The number of hydrogen-bond acceptors (Lipinski definition) is 5. The zero-order chi connectivity index (χ0) is 15.4. The molecule has 3 rings (SSSR count). The Bertz CT molecular complexity index is 774. The van der Waals surface area contributed by atoms with E-state index < -0.39 is 0 Å². The highest BCUT2D eigenvalue weighted by Gasteiger charge is 2.07. The van der Waals surface area contributed by atoms with Crippen molar-refractivity contribution in [1.29, 1.82) is 0 Å². The number of nitrogens with zero attached hydrogens (tertiary/aromatic N) is 5. The summed E-state index contributed by atoms with van der Waals surface area (Å²) in [6, 6.07) is 11.7. The van der Waals surface area contributed by atoms with Gasteiger partial charge >= 0.3 is 0 Å². The van der Waals surface area contributed by atoms with Crippen molar-refractivity contribution >= 4 is 17.2 Å². The number of pyridine rings is 1. The Hall–Kier alpha value is -3.02. The first kappa shape index (κ1) is 13.9. The van der Waals surface area contributed by atoms with Gasteiger partial charge in [0.25, 0.3) is 0 Å². The minimum atomic E-state index is 0.486. The van der Waals surface area contributed by atoms with E-state index in [1.54, 1.807) is 23.3 Å². The van der Waals surface area contributed by atoms with Crippen LogP contribution in [-0.2, 0) is 6.54 Å². The number of rotatable bonds is 4. The maximum Gasteiger partial charge on any atom is 0.150 e. The molecule has 2 heterocycles. The van der Waals surface area contributed by atoms with Gasteiger partial charge in [0.2, 0.25) is 0 Å². The molecule has 0 unspecified atom stereocenters. The molecule has 2 aromatic heterocycles. The van der Waals surface area contributed by atoms with E-state index in [1.165, 1.54) is 5.56 Å². The lowest BCUT2D eigenvalue weighted by atomic mass is 10.2. The fourth-order valence-electron chi connectivity index (χ4n) is 1.98. The molecule has 0 aliphatic carbocycles. The number of nitrogens with two attached hydrogens (primary N) is 1. The first-order valence-electron chi connectivity index (χ1n) is 6.91. The van der Waals surface area contributed by atoms with Crippen molar-refractivity contribution in [2.24, 2.45) is 10.2 Å². The van der Waals surface area contributed by atoms with Crippen molar-refractivity contribution in [2.45, 2.75) is 13.5 Å². The molecule has 6 nitrogen and oxygen atoms in total. The van der Waals surface area contributed by atoms with Crippen LogP contribution in [0, 0.1) is 6.92 Å². The number of anilines is 1. The Kier molecular flexibility index (Phi) is 3.91. The zero-order valence-electron chi connectivity index (χ0n) is 12.2. The first-order chi connectivity index (χ1) is 10.7. The highest BCUT2D eigenvalue weighted by atomic mass is 15.3. The summed E-state index contributed by atoms with van der Waals surface area (Å²) >= 11 is 0. The first-order valence-corrected chi connectivity index (χ1v) is 6.91. The molecule has 0 saturated carbocycles. The summed E-state index contributed by atoms with van der Waals surface area (Å²) in [5.41, 5.74) is 9.62. The van der Waals surface area contributed by atoms with Gasteiger partial charge in [-0.25, -0.2) is 4.68 Å². The molecule has 0 bridgehead atoms. The van der Waals surface area contributed by atoms with E-state index in [9.17, 15) is 0 Å². The van der Waals surface area contributed by atoms with Crippen LogP contribution in [0.2, 0.25) is 0 Å². The Morgan fingerprint density at radius 3 is 2.64 bits per heavy atom. The van der Waals surface area contributed by atoms with E-state index in [2.05, 4.69) is 20.3 Å². The molecule has 0 aliphatic heterocycles. The molecule has 0 atom stereocenters. The summed E-state index contributed by atoms with van der Waals surface area (Å²) < 4.78 is 1.68. The Labute approximate surface area is 128 Å². The van der Waals surface area contributed by atoms with Gasteiger partial charge < -0.3 is 5.73 Å². The largest absolute Gasteiger partial charge is 0.382 e. The van der Waals surface area contributed by atoms with Crippen LogP contribution in [0.15, 0.2) is 65.2 Å². The number of benzene rings is 1. The highest BCUT2D eigenvalue weighted by Crippen LogP contribution is 2.24. The number of azo groups is 1. The number of aryl methyl sites for hydroxylation is 1. The zero-order valence-corrected chi connectivity index (χ0v) is 12.2. The molecule has 0 amide bonds. The van der Waals surface area contributed by atoms with Crippen LogP contribution >= 0.6 is 0 Å². The minimum absolute atomic E-state index is 0.486. The third-order valence-corrected chi connectivity index (χ3v) is 3.22. The summed E-state index contributed by atoms with van der Waals surface area (Å²) in [5, 5.41) is 12.6. The van der Waals surface area contributed by atoms with E-state index >= 15 is 0 Å². The Morgan fingerprint density at radius 2 is 1.91 bits per heavy atom. The van der Waals surface area contributed by atoms with Crippen molar-refractivity contribution in [3.63, 3.8) is 0 Å². The Balaban J connectivity index is 1.77. The number of aromatic nitrogens is 3. The lowest BCUT2D eigenvalue weighted by molar-refractivity contribution is 0.695. The van der Waals surface area contributed by atoms with Crippen LogP contribution < -0.4 is 5.73 Å². The molecule has 110 valence electrons. The molecule has 6 heteroatoms. The van der Waals surface area contributed by atoms with Crippen molar-refractivity contribution in [1.82, 2.24) is 14.8 Å². The van der Waals surface area contributed by atoms with E-state index in [0.717, 1.165) is 11.3 Å². The monoisotopic (exact) mass is 292 g/mol. The van der Waals surface area contributed by atoms with Gasteiger partial charge in [0.05, 0.1) is 18.4 Å². The van der Waals surface area contributed by atoms with Gasteiger partial charge in [-0.3, -0.25) is 4.98 Å². The van der Waals surface area contributed by atoms with Gasteiger partial charge in [-0.05, 0) is 30.7 Å². The molecular weight excluding hydrogens is 276 g/mol. The molecule has 0 spiro atoms. The van der Waals surface area contributed by atoms with Crippen molar-refractivity contribution in [3.8, 4) is 0 Å². The van der Waals surface area contributed by atoms with Crippen LogP contribution in [0.1, 0.15) is 11.1 Å².